The van der Waals surface area contributed by atoms with Crippen molar-refractivity contribution in [2.24, 2.45) is 0 Å². The van der Waals surface area contributed by atoms with Crippen LogP contribution in [0.15, 0.2) is 4.52 Å². The van der Waals surface area contributed by atoms with Crippen LogP contribution in [0, 0.1) is 0 Å². The van der Waals surface area contributed by atoms with Gasteiger partial charge in [0.15, 0.2) is 11.0 Å². The molecule has 14 heteroatoms. The number of rotatable bonds is 3. The van der Waals surface area contributed by atoms with Crippen LogP contribution in [0.2, 0.25) is 0 Å². The average Bonchev–Trinajstić information content (AvgIpc) is 3.50. The van der Waals surface area contributed by atoms with Gasteiger partial charge in [-0.2, -0.15) is 4.98 Å². The molecule has 5 rings (SSSR count). The number of amides is 3. The van der Waals surface area contributed by atoms with Gasteiger partial charge in [-0.1, -0.05) is 16.5 Å². The molecule has 0 spiro atoms. The second kappa shape index (κ2) is 8.08. The first-order valence-corrected chi connectivity index (χ1v) is 11.4. The van der Waals surface area contributed by atoms with Crippen molar-refractivity contribution in [3.8, 4) is 0 Å². The first-order chi connectivity index (χ1) is 15.8. The zero-order valence-electron chi connectivity index (χ0n) is 18.0. The van der Waals surface area contributed by atoms with E-state index in [1.807, 2.05) is 4.90 Å². The Kier molecular flexibility index (Phi) is 5.34. The number of hydrogen-bond acceptors (Lipinski definition) is 9. The number of carbonyl (C=O) groups excluding carboxylic acids is 2. The number of nitrogens with zero attached hydrogens (tertiary/aromatic N) is 5. The molecule has 33 heavy (non-hydrogen) atoms. The fourth-order valence-electron chi connectivity index (χ4n) is 4.78. The molecular formula is C19H23F2N7O4S. The molecule has 0 radical (unpaired) electrons. The summed E-state index contributed by atoms with van der Waals surface area (Å²) in [6.07, 6.45) is -0.133. The van der Waals surface area contributed by atoms with Crippen molar-refractivity contribution in [3.63, 3.8) is 0 Å². The van der Waals surface area contributed by atoms with Crippen molar-refractivity contribution in [1.29, 1.82) is 0 Å². The second-order valence-electron chi connectivity index (χ2n) is 8.42. The maximum absolute atomic E-state index is 13.7. The molecule has 3 amide bonds. The van der Waals surface area contributed by atoms with Gasteiger partial charge in [-0.3, -0.25) is 5.32 Å². The molecule has 2 N–H and O–H groups in total. The number of carbonyl (C=O) groups is 2. The molecule has 3 aliphatic rings. The predicted molar refractivity (Wildman–Crippen MR) is 113 cm³/mol. The Labute approximate surface area is 191 Å². The molecule has 11 nitrogen and oxygen atoms in total. The number of piperazine rings is 1. The third-order valence-corrected chi connectivity index (χ3v) is 7.43. The standard InChI is InChI=1S/C19H23F2N7O4S/c1-22-15(29)25-16-23-11-5-10-7-27(18(30)31-2)8-12(13(11)33-16)28(10)17-24-14(26-32-17)9-3-4-19(20,21)6-9/h9-10,12H,3-8H2,1-2H3,(H2,22,23,25,29). The zero-order valence-corrected chi connectivity index (χ0v) is 18.8. The minimum atomic E-state index is -2.71. The van der Waals surface area contributed by atoms with Crippen molar-refractivity contribution in [3.05, 3.63) is 16.4 Å². The Morgan fingerprint density at radius 1 is 1.30 bits per heavy atom. The number of nitrogens with one attached hydrogen (secondary N) is 2. The summed E-state index contributed by atoms with van der Waals surface area (Å²) in [4.78, 5) is 37.4. The number of anilines is 2. The lowest BCUT2D eigenvalue weighted by atomic mass is 9.94. The third kappa shape index (κ3) is 3.96. The number of thiazole rings is 1. The van der Waals surface area contributed by atoms with Gasteiger partial charge in [0.05, 0.1) is 29.8 Å². The summed E-state index contributed by atoms with van der Waals surface area (Å²) in [5.74, 6) is -2.88. The smallest absolute Gasteiger partial charge is 0.409 e. The van der Waals surface area contributed by atoms with Gasteiger partial charge in [0.2, 0.25) is 5.92 Å². The van der Waals surface area contributed by atoms with E-state index in [0.29, 0.717) is 24.5 Å². The summed E-state index contributed by atoms with van der Waals surface area (Å²) in [6, 6.07) is -0.738. The number of methoxy groups -OCH3 is 1. The lowest BCUT2D eigenvalue weighted by Crippen LogP contribution is -2.59. The summed E-state index contributed by atoms with van der Waals surface area (Å²) in [5, 5.41) is 9.62. The van der Waals surface area contributed by atoms with Crippen LogP contribution < -0.4 is 15.5 Å². The number of ether oxygens (including phenoxy) is 1. The highest BCUT2D eigenvalue weighted by atomic mass is 32.1. The highest BCUT2D eigenvalue weighted by Gasteiger charge is 2.47. The zero-order chi connectivity index (χ0) is 23.3. The third-order valence-electron chi connectivity index (χ3n) is 6.31. The first-order valence-electron chi connectivity index (χ1n) is 10.6. The minimum absolute atomic E-state index is 0.185. The normalized spacial score (nSPS) is 25.5. The van der Waals surface area contributed by atoms with Gasteiger partial charge < -0.3 is 24.4 Å². The predicted octanol–water partition coefficient (Wildman–Crippen LogP) is 2.73. The van der Waals surface area contributed by atoms with Gasteiger partial charge in [-0.15, -0.1) is 0 Å². The van der Waals surface area contributed by atoms with Crippen LogP contribution >= 0.6 is 11.3 Å². The van der Waals surface area contributed by atoms with Crippen molar-refractivity contribution < 1.29 is 27.6 Å². The molecule has 4 heterocycles. The molecule has 1 saturated heterocycles. The Hall–Kier alpha value is -3.03. The quantitative estimate of drug-likeness (QED) is 0.683. The second-order valence-corrected chi connectivity index (χ2v) is 9.45. The van der Waals surface area contributed by atoms with E-state index < -0.39 is 17.9 Å². The molecule has 2 fully saturated rings. The Morgan fingerprint density at radius 3 is 2.82 bits per heavy atom. The van der Waals surface area contributed by atoms with Gasteiger partial charge >= 0.3 is 18.1 Å². The monoisotopic (exact) mass is 483 g/mol. The summed E-state index contributed by atoms with van der Waals surface area (Å²) >= 11 is 1.31. The van der Waals surface area contributed by atoms with Crippen LogP contribution in [-0.2, 0) is 11.2 Å². The molecule has 2 aromatic rings. The number of halogens is 2. The molecule has 1 aliphatic carbocycles. The van der Waals surface area contributed by atoms with Gasteiger partial charge in [-0.25, -0.2) is 23.4 Å². The molecular weight excluding hydrogens is 460 g/mol. The molecule has 2 aliphatic heterocycles. The van der Waals surface area contributed by atoms with Gasteiger partial charge in [-0.05, 0) is 6.42 Å². The molecule has 3 unspecified atom stereocenters. The molecule has 3 atom stereocenters. The summed E-state index contributed by atoms with van der Waals surface area (Å²) in [6.45, 7) is 0.633. The fourth-order valence-corrected chi connectivity index (χ4v) is 5.86. The molecule has 1 saturated carbocycles. The van der Waals surface area contributed by atoms with E-state index in [9.17, 15) is 18.4 Å². The number of fused-ring (bicyclic) bond motifs is 4. The van der Waals surface area contributed by atoms with Crippen molar-refractivity contribution in [2.45, 2.75) is 49.6 Å². The highest BCUT2D eigenvalue weighted by molar-refractivity contribution is 7.16. The number of aromatic nitrogens is 3. The van der Waals surface area contributed by atoms with Crippen LogP contribution in [0.1, 0.15) is 47.6 Å². The van der Waals surface area contributed by atoms with E-state index in [2.05, 4.69) is 25.8 Å². The van der Waals surface area contributed by atoms with E-state index in [0.717, 1.165) is 10.6 Å². The van der Waals surface area contributed by atoms with Crippen molar-refractivity contribution in [2.75, 3.05) is 37.5 Å². The summed E-state index contributed by atoms with van der Waals surface area (Å²) in [7, 11) is 2.84. The van der Waals surface area contributed by atoms with E-state index >= 15 is 0 Å². The SMILES string of the molecule is CNC(=O)Nc1nc2c(s1)C1CN(C(=O)OC)CC(C2)N1c1nc(C2CCC(F)(F)C2)no1. The molecule has 178 valence electrons. The average molecular weight is 484 g/mol. The van der Waals surface area contributed by atoms with Crippen LogP contribution in [0.5, 0.6) is 0 Å². The minimum Gasteiger partial charge on any atom is -0.453 e. The fraction of sp³-hybridized carbons (Fsp3) is 0.632. The Bertz CT molecular complexity index is 1080. The van der Waals surface area contributed by atoms with Crippen molar-refractivity contribution >= 4 is 34.6 Å². The van der Waals surface area contributed by atoms with E-state index in [4.69, 9.17) is 9.26 Å². The number of alkyl halides is 2. The van der Waals surface area contributed by atoms with Gasteiger partial charge in [0.25, 0.3) is 0 Å². The summed E-state index contributed by atoms with van der Waals surface area (Å²) in [5.41, 5.74) is 0.831. The topological polar surface area (TPSA) is 126 Å². The maximum atomic E-state index is 13.7. The summed E-state index contributed by atoms with van der Waals surface area (Å²) < 4.78 is 37.8. The molecule has 0 aromatic carbocycles. The largest absolute Gasteiger partial charge is 0.453 e. The lowest BCUT2D eigenvalue weighted by Gasteiger charge is -2.47. The Morgan fingerprint density at radius 2 is 2.12 bits per heavy atom. The number of urea groups is 1. The van der Waals surface area contributed by atoms with Gasteiger partial charge in [0.1, 0.15) is 0 Å². The van der Waals surface area contributed by atoms with E-state index in [1.165, 1.54) is 25.5 Å². The van der Waals surface area contributed by atoms with E-state index in [-0.39, 0.29) is 49.3 Å². The first kappa shape index (κ1) is 21.8. The highest BCUT2D eigenvalue weighted by Crippen LogP contribution is 2.46. The maximum Gasteiger partial charge on any atom is 0.409 e. The lowest BCUT2D eigenvalue weighted by molar-refractivity contribution is 0.00749. The van der Waals surface area contributed by atoms with Crippen LogP contribution in [0.25, 0.3) is 0 Å². The Balaban J connectivity index is 1.46. The van der Waals surface area contributed by atoms with Crippen LogP contribution in [0.4, 0.5) is 29.5 Å². The molecule has 2 aromatic heterocycles. The van der Waals surface area contributed by atoms with Crippen LogP contribution in [-0.4, -0.2) is 71.4 Å². The van der Waals surface area contributed by atoms with Gasteiger partial charge in [0, 0.05) is 45.3 Å². The molecule has 2 bridgehead atoms. The van der Waals surface area contributed by atoms with E-state index in [1.54, 1.807) is 4.90 Å². The van der Waals surface area contributed by atoms with Crippen LogP contribution in [0.3, 0.4) is 0 Å². The van der Waals surface area contributed by atoms with Crippen molar-refractivity contribution in [1.82, 2.24) is 25.3 Å². The number of hydrogen-bond donors (Lipinski definition) is 2.